The molecule has 0 aromatic rings. The minimum atomic E-state index is 0.0864. The summed E-state index contributed by atoms with van der Waals surface area (Å²) in [5.41, 5.74) is 0. The molecule has 20 heavy (non-hydrogen) atoms. The first-order valence-corrected chi connectivity index (χ1v) is 8.34. The Morgan fingerprint density at radius 2 is 2.15 bits per heavy atom. The Balaban J connectivity index is 1.50. The van der Waals surface area contributed by atoms with E-state index in [0.29, 0.717) is 24.2 Å². The van der Waals surface area contributed by atoms with Crippen molar-refractivity contribution in [2.24, 2.45) is 5.92 Å². The minimum absolute atomic E-state index is 0.0864. The second-order valence-electron chi connectivity index (χ2n) is 6.96. The molecule has 4 nitrogen and oxygen atoms in total. The van der Waals surface area contributed by atoms with Gasteiger partial charge in [0.25, 0.3) is 0 Å². The molecule has 1 amide bonds. The summed E-state index contributed by atoms with van der Waals surface area (Å²) < 4.78 is 5.86. The molecule has 3 saturated heterocycles. The van der Waals surface area contributed by atoms with E-state index in [1.165, 1.54) is 25.7 Å². The number of piperidine rings is 1. The van der Waals surface area contributed by atoms with Crippen molar-refractivity contribution in [1.82, 2.24) is 10.2 Å². The zero-order valence-corrected chi connectivity index (χ0v) is 12.8. The number of likely N-dealkylation sites (tertiary alicyclic amines) is 1. The molecule has 1 N–H and O–H groups in total. The molecule has 3 aliphatic rings. The summed E-state index contributed by atoms with van der Waals surface area (Å²) in [4.78, 5) is 14.8. The lowest BCUT2D eigenvalue weighted by atomic mass is 9.89. The van der Waals surface area contributed by atoms with E-state index < -0.39 is 0 Å². The van der Waals surface area contributed by atoms with Crippen molar-refractivity contribution in [2.75, 3.05) is 13.1 Å². The third kappa shape index (κ3) is 2.86. The Morgan fingerprint density at radius 3 is 2.80 bits per heavy atom. The smallest absolute Gasteiger partial charge is 0.237 e. The number of ether oxygens (including phenoxy) is 1. The van der Waals surface area contributed by atoms with Crippen LogP contribution in [0.4, 0.5) is 0 Å². The van der Waals surface area contributed by atoms with E-state index in [0.717, 1.165) is 25.9 Å². The van der Waals surface area contributed by atoms with Crippen LogP contribution in [0.15, 0.2) is 0 Å². The van der Waals surface area contributed by atoms with Crippen LogP contribution in [-0.2, 0) is 9.53 Å². The summed E-state index contributed by atoms with van der Waals surface area (Å²) >= 11 is 0. The van der Waals surface area contributed by atoms with Crippen LogP contribution in [0, 0.1) is 5.92 Å². The normalized spacial score (nSPS) is 37.5. The predicted molar refractivity (Wildman–Crippen MR) is 78.5 cm³/mol. The van der Waals surface area contributed by atoms with Crippen LogP contribution < -0.4 is 5.32 Å². The molecule has 2 bridgehead atoms. The third-order valence-electron chi connectivity index (χ3n) is 5.28. The highest BCUT2D eigenvalue weighted by atomic mass is 16.5. The third-order valence-corrected chi connectivity index (χ3v) is 5.28. The van der Waals surface area contributed by atoms with Gasteiger partial charge in [-0.15, -0.1) is 0 Å². The number of rotatable bonds is 4. The summed E-state index contributed by atoms with van der Waals surface area (Å²) in [6.45, 7) is 6.25. The fraction of sp³-hybridized carbons (Fsp3) is 0.938. The fourth-order valence-corrected chi connectivity index (χ4v) is 4.16. The van der Waals surface area contributed by atoms with Gasteiger partial charge in [0.2, 0.25) is 5.91 Å². The van der Waals surface area contributed by atoms with Crippen LogP contribution in [0.1, 0.15) is 52.4 Å². The second-order valence-corrected chi connectivity index (χ2v) is 6.96. The summed E-state index contributed by atoms with van der Waals surface area (Å²) in [6, 6.07) is 0.542. The number of carbonyl (C=O) groups is 1. The number of carbonyl (C=O) groups excluding carboxylic acids is 1. The molecule has 3 aliphatic heterocycles. The summed E-state index contributed by atoms with van der Waals surface area (Å²) in [5.74, 6) is 0.787. The zero-order valence-electron chi connectivity index (χ0n) is 12.8. The molecule has 114 valence electrons. The molecule has 0 aromatic heterocycles. The monoisotopic (exact) mass is 280 g/mol. The Labute approximate surface area is 122 Å². The Morgan fingerprint density at radius 1 is 1.30 bits per heavy atom. The molecule has 0 saturated carbocycles. The number of nitrogens with one attached hydrogen (secondary N) is 1. The van der Waals surface area contributed by atoms with Crippen molar-refractivity contribution in [3.8, 4) is 0 Å². The molecule has 0 spiro atoms. The lowest BCUT2D eigenvalue weighted by Crippen LogP contribution is -2.52. The average Bonchev–Trinajstić information content (AvgIpc) is 3.07. The van der Waals surface area contributed by atoms with Gasteiger partial charge in [-0.05, 0) is 52.5 Å². The topological polar surface area (TPSA) is 41.6 Å². The maximum Gasteiger partial charge on any atom is 0.237 e. The zero-order chi connectivity index (χ0) is 14.1. The molecule has 3 fully saturated rings. The van der Waals surface area contributed by atoms with Crippen molar-refractivity contribution in [3.05, 3.63) is 0 Å². The van der Waals surface area contributed by atoms with Crippen LogP contribution in [0.5, 0.6) is 0 Å². The van der Waals surface area contributed by atoms with Gasteiger partial charge in [-0.2, -0.15) is 0 Å². The molecule has 0 radical (unpaired) electrons. The van der Waals surface area contributed by atoms with Crippen LogP contribution in [-0.4, -0.2) is 48.2 Å². The van der Waals surface area contributed by atoms with E-state index in [2.05, 4.69) is 24.1 Å². The van der Waals surface area contributed by atoms with Gasteiger partial charge in [0.15, 0.2) is 0 Å². The standard InChI is InChI=1S/C16H28N2O2/c1-11(2)18-8-4-3-5-14(18)16(19)17-10-12-9-13-6-7-15(12)20-13/h11-15H,3-10H2,1-2H3,(H,17,19)/t12-,13+,14+,15+/m0/s1. The molecular formula is C16H28N2O2. The Hall–Kier alpha value is -0.610. The molecule has 3 rings (SSSR count). The van der Waals surface area contributed by atoms with Gasteiger partial charge in [0.05, 0.1) is 18.2 Å². The summed E-state index contributed by atoms with van der Waals surface area (Å²) in [7, 11) is 0. The quantitative estimate of drug-likeness (QED) is 0.855. The number of hydrogen-bond donors (Lipinski definition) is 1. The highest BCUT2D eigenvalue weighted by Gasteiger charge is 2.41. The van der Waals surface area contributed by atoms with E-state index >= 15 is 0 Å². The van der Waals surface area contributed by atoms with Crippen LogP contribution in [0.3, 0.4) is 0 Å². The van der Waals surface area contributed by atoms with Gasteiger partial charge in [-0.25, -0.2) is 0 Å². The van der Waals surface area contributed by atoms with Gasteiger partial charge < -0.3 is 10.1 Å². The molecule has 3 heterocycles. The molecule has 0 unspecified atom stereocenters. The number of nitrogens with zero attached hydrogens (tertiary/aromatic N) is 1. The van der Waals surface area contributed by atoms with Crippen molar-refractivity contribution in [3.63, 3.8) is 0 Å². The first-order chi connectivity index (χ1) is 9.65. The van der Waals surface area contributed by atoms with Crippen molar-refractivity contribution in [1.29, 1.82) is 0 Å². The first kappa shape index (κ1) is 14.3. The van der Waals surface area contributed by atoms with E-state index in [1.54, 1.807) is 0 Å². The average molecular weight is 280 g/mol. The number of hydrogen-bond acceptors (Lipinski definition) is 3. The Kier molecular flexibility index (Phi) is 4.32. The lowest BCUT2D eigenvalue weighted by molar-refractivity contribution is -0.128. The van der Waals surface area contributed by atoms with Crippen LogP contribution in [0.25, 0.3) is 0 Å². The van der Waals surface area contributed by atoms with Crippen LogP contribution >= 0.6 is 0 Å². The second kappa shape index (κ2) is 6.02. The maximum absolute atomic E-state index is 12.5. The van der Waals surface area contributed by atoms with Crippen molar-refractivity contribution >= 4 is 5.91 Å². The van der Waals surface area contributed by atoms with E-state index in [1.807, 2.05) is 0 Å². The molecular weight excluding hydrogens is 252 g/mol. The summed E-state index contributed by atoms with van der Waals surface area (Å²) in [6.07, 6.45) is 7.85. The molecule has 0 aliphatic carbocycles. The van der Waals surface area contributed by atoms with E-state index in [4.69, 9.17) is 4.74 Å². The highest BCUT2D eigenvalue weighted by Crippen LogP contribution is 2.38. The number of amides is 1. The van der Waals surface area contributed by atoms with Gasteiger partial charge >= 0.3 is 0 Å². The molecule has 4 heteroatoms. The summed E-state index contributed by atoms with van der Waals surface area (Å²) in [5, 5.41) is 3.20. The lowest BCUT2D eigenvalue weighted by Gasteiger charge is -2.37. The van der Waals surface area contributed by atoms with Gasteiger partial charge in [-0.3, -0.25) is 9.69 Å². The van der Waals surface area contributed by atoms with Gasteiger partial charge in [0, 0.05) is 18.5 Å². The predicted octanol–water partition coefficient (Wildman–Crippen LogP) is 1.93. The van der Waals surface area contributed by atoms with Crippen molar-refractivity contribution in [2.45, 2.75) is 76.7 Å². The van der Waals surface area contributed by atoms with Crippen molar-refractivity contribution < 1.29 is 9.53 Å². The maximum atomic E-state index is 12.5. The first-order valence-electron chi connectivity index (χ1n) is 8.34. The largest absolute Gasteiger partial charge is 0.375 e. The fourth-order valence-electron chi connectivity index (χ4n) is 4.16. The van der Waals surface area contributed by atoms with Crippen LogP contribution in [0.2, 0.25) is 0 Å². The SMILES string of the molecule is CC(C)N1CCCC[C@@H]1C(=O)NC[C@@H]1C[C@H]2CC[C@H]1O2. The van der Waals surface area contributed by atoms with Gasteiger partial charge in [-0.1, -0.05) is 6.42 Å². The van der Waals surface area contributed by atoms with Gasteiger partial charge in [0.1, 0.15) is 0 Å². The number of fused-ring (bicyclic) bond motifs is 2. The van der Waals surface area contributed by atoms with E-state index in [-0.39, 0.29) is 11.9 Å². The minimum Gasteiger partial charge on any atom is -0.375 e. The highest BCUT2D eigenvalue weighted by molar-refractivity contribution is 5.81. The molecule has 0 aromatic carbocycles. The van der Waals surface area contributed by atoms with E-state index in [9.17, 15) is 4.79 Å². The Bertz CT molecular complexity index is 358. The molecule has 4 atom stereocenters.